The zero-order valence-corrected chi connectivity index (χ0v) is 11.1. The quantitative estimate of drug-likeness (QED) is 0.816. The molecular formula is C10H10BrN3OS. The molecule has 2 aromatic heterocycles. The van der Waals surface area contributed by atoms with E-state index < -0.39 is 0 Å². The van der Waals surface area contributed by atoms with Crippen molar-refractivity contribution >= 4 is 33.0 Å². The number of hydrogen-bond donors (Lipinski definition) is 0. The summed E-state index contributed by atoms with van der Waals surface area (Å²) in [5.74, 6) is -0.0275. The Kier molecular flexibility index (Phi) is 3.50. The third kappa shape index (κ3) is 2.08. The van der Waals surface area contributed by atoms with Gasteiger partial charge in [0.05, 0.1) is 21.1 Å². The van der Waals surface area contributed by atoms with Crippen molar-refractivity contribution in [1.82, 2.24) is 14.8 Å². The number of carbonyl (C=O) groups excluding carboxylic acids is 1. The summed E-state index contributed by atoms with van der Waals surface area (Å²) in [5, 5.41) is 4.17. The Labute approximate surface area is 105 Å². The second-order valence-electron chi connectivity index (χ2n) is 3.26. The number of nitrogens with zero attached hydrogens (tertiary/aromatic N) is 3. The molecule has 4 nitrogen and oxygen atoms in total. The molecule has 0 saturated heterocycles. The Morgan fingerprint density at radius 3 is 3.00 bits per heavy atom. The van der Waals surface area contributed by atoms with E-state index in [-0.39, 0.29) is 5.78 Å². The zero-order valence-electron chi connectivity index (χ0n) is 8.68. The van der Waals surface area contributed by atoms with E-state index in [1.165, 1.54) is 11.3 Å². The van der Waals surface area contributed by atoms with Crippen molar-refractivity contribution in [3.8, 4) is 0 Å². The minimum atomic E-state index is -0.0275. The lowest BCUT2D eigenvalue weighted by Gasteiger charge is -2.04. The Bertz CT molecular complexity index is 492. The van der Waals surface area contributed by atoms with E-state index >= 15 is 0 Å². The van der Waals surface area contributed by atoms with Crippen LogP contribution in [0.4, 0.5) is 0 Å². The normalized spacial score (nSPS) is 10.6. The van der Waals surface area contributed by atoms with E-state index in [2.05, 4.69) is 32.9 Å². The molecule has 0 amide bonds. The molecule has 0 radical (unpaired) electrons. The van der Waals surface area contributed by atoms with Gasteiger partial charge in [-0.15, -0.1) is 11.3 Å². The Morgan fingerprint density at radius 2 is 2.38 bits per heavy atom. The smallest absolute Gasteiger partial charge is 0.223 e. The van der Waals surface area contributed by atoms with Gasteiger partial charge in [0.15, 0.2) is 0 Å². The monoisotopic (exact) mass is 299 g/mol. The third-order valence-electron chi connectivity index (χ3n) is 2.10. The van der Waals surface area contributed by atoms with Gasteiger partial charge in [0.2, 0.25) is 5.78 Å². The molecule has 0 bridgehead atoms. The van der Waals surface area contributed by atoms with Crippen molar-refractivity contribution in [3.63, 3.8) is 0 Å². The number of halogens is 1. The van der Waals surface area contributed by atoms with Gasteiger partial charge in [-0.2, -0.15) is 5.10 Å². The number of aromatic nitrogens is 3. The Balaban J connectivity index is 2.39. The second-order valence-corrected chi connectivity index (χ2v) is 5.00. The summed E-state index contributed by atoms with van der Waals surface area (Å²) in [4.78, 5) is 16.7. The van der Waals surface area contributed by atoms with E-state index in [4.69, 9.17) is 0 Å². The van der Waals surface area contributed by atoms with E-state index in [1.807, 2.05) is 0 Å². The second kappa shape index (κ2) is 4.88. The van der Waals surface area contributed by atoms with Crippen molar-refractivity contribution in [3.05, 3.63) is 32.9 Å². The molecule has 0 saturated carbocycles. The standard InChI is InChI=1S/C10H10BrN3OS/c1-2-3-14-9(7(11)4-13-14)10(15)8-5-12-6-16-8/h4-6H,2-3H2,1H3. The summed E-state index contributed by atoms with van der Waals surface area (Å²) in [6.07, 6.45) is 4.18. The highest BCUT2D eigenvalue weighted by molar-refractivity contribution is 9.10. The molecule has 2 heterocycles. The van der Waals surface area contributed by atoms with Crippen LogP contribution in [0.2, 0.25) is 0 Å². The highest BCUT2D eigenvalue weighted by Crippen LogP contribution is 2.21. The number of hydrogen-bond acceptors (Lipinski definition) is 4. The highest BCUT2D eigenvalue weighted by Gasteiger charge is 2.19. The molecule has 84 valence electrons. The fraction of sp³-hybridized carbons (Fsp3) is 0.300. The van der Waals surface area contributed by atoms with Crippen molar-refractivity contribution in [1.29, 1.82) is 0 Å². The third-order valence-corrected chi connectivity index (χ3v) is 3.45. The van der Waals surface area contributed by atoms with Crippen molar-refractivity contribution < 1.29 is 4.79 Å². The summed E-state index contributed by atoms with van der Waals surface area (Å²) in [6.45, 7) is 2.79. The average Bonchev–Trinajstić information content (AvgIpc) is 2.88. The number of carbonyl (C=O) groups is 1. The van der Waals surface area contributed by atoms with Gasteiger partial charge in [0, 0.05) is 12.7 Å². The van der Waals surface area contributed by atoms with E-state index in [9.17, 15) is 4.79 Å². The average molecular weight is 300 g/mol. The van der Waals surface area contributed by atoms with Crippen LogP contribution in [0.1, 0.15) is 28.7 Å². The van der Waals surface area contributed by atoms with Gasteiger partial charge in [-0.25, -0.2) is 0 Å². The first kappa shape index (κ1) is 11.5. The molecule has 0 spiro atoms. The van der Waals surface area contributed by atoms with Crippen LogP contribution in [0.25, 0.3) is 0 Å². The molecule has 0 fully saturated rings. The first-order chi connectivity index (χ1) is 7.74. The van der Waals surface area contributed by atoms with Crippen molar-refractivity contribution in [2.24, 2.45) is 0 Å². The first-order valence-corrected chi connectivity index (χ1v) is 6.55. The highest BCUT2D eigenvalue weighted by atomic mass is 79.9. The van der Waals surface area contributed by atoms with Gasteiger partial charge in [-0.1, -0.05) is 6.92 Å². The van der Waals surface area contributed by atoms with Crippen LogP contribution in [0.15, 0.2) is 22.4 Å². The molecule has 2 rings (SSSR count). The maximum atomic E-state index is 12.2. The fourth-order valence-electron chi connectivity index (χ4n) is 1.41. The van der Waals surface area contributed by atoms with E-state index in [0.717, 1.165) is 17.4 Å². The summed E-state index contributed by atoms with van der Waals surface area (Å²) in [6, 6.07) is 0. The lowest BCUT2D eigenvalue weighted by molar-refractivity contribution is 0.103. The molecular weight excluding hydrogens is 290 g/mol. The van der Waals surface area contributed by atoms with Gasteiger partial charge in [-0.3, -0.25) is 14.5 Å². The number of aryl methyl sites for hydroxylation is 1. The summed E-state index contributed by atoms with van der Waals surface area (Å²) in [5.41, 5.74) is 2.26. The largest absolute Gasteiger partial charge is 0.286 e. The summed E-state index contributed by atoms with van der Waals surface area (Å²) >= 11 is 4.70. The molecule has 0 unspecified atom stereocenters. The fourth-order valence-corrected chi connectivity index (χ4v) is 2.45. The van der Waals surface area contributed by atoms with E-state index in [0.29, 0.717) is 10.6 Å². The molecule has 0 N–H and O–H groups in total. The number of ketones is 1. The zero-order chi connectivity index (χ0) is 11.5. The van der Waals surface area contributed by atoms with Crippen LogP contribution in [-0.4, -0.2) is 20.5 Å². The van der Waals surface area contributed by atoms with Crippen LogP contribution in [0.5, 0.6) is 0 Å². The predicted molar refractivity (Wildman–Crippen MR) is 65.8 cm³/mol. The lowest BCUT2D eigenvalue weighted by atomic mass is 10.2. The molecule has 0 aliphatic rings. The van der Waals surface area contributed by atoms with Crippen LogP contribution < -0.4 is 0 Å². The van der Waals surface area contributed by atoms with Crippen molar-refractivity contribution in [2.75, 3.05) is 0 Å². The van der Waals surface area contributed by atoms with Crippen LogP contribution >= 0.6 is 27.3 Å². The van der Waals surface area contributed by atoms with Crippen molar-refractivity contribution in [2.45, 2.75) is 19.9 Å². The number of thiazole rings is 1. The first-order valence-electron chi connectivity index (χ1n) is 4.88. The van der Waals surface area contributed by atoms with Gasteiger partial charge in [0.1, 0.15) is 5.69 Å². The molecule has 0 aromatic carbocycles. The molecule has 0 atom stereocenters. The number of rotatable bonds is 4. The Hall–Kier alpha value is -1.01. The SMILES string of the molecule is CCCn1ncc(Br)c1C(=O)c1cncs1. The lowest BCUT2D eigenvalue weighted by Crippen LogP contribution is -2.11. The van der Waals surface area contributed by atoms with Gasteiger partial charge < -0.3 is 0 Å². The minimum Gasteiger partial charge on any atom is -0.286 e. The minimum absolute atomic E-state index is 0.0275. The van der Waals surface area contributed by atoms with Gasteiger partial charge in [-0.05, 0) is 22.4 Å². The molecule has 0 aliphatic heterocycles. The van der Waals surface area contributed by atoms with E-state index in [1.54, 1.807) is 22.6 Å². The van der Waals surface area contributed by atoms with Gasteiger partial charge >= 0.3 is 0 Å². The summed E-state index contributed by atoms with van der Waals surface area (Å²) in [7, 11) is 0. The van der Waals surface area contributed by atoms with Gasteiger partial charge in [0.25, 0.3) is 0 Å². The van der Waals surface area contributed by atoms with Crippen LogP contribution in [0, 0.1) is 0 Å². The molecule has 6 heteroatoms. The molecule has 16 heavy (non-hydrogen) atoms. The maximum Gasteiger partial charge on any atom is 0.223 e. The molecule has 0 aliphatic carbocycles. The van der Waals surface area contributed by atoms with Crippen LogP contribution in [0.3, 0.4) is 0 Å². The van der Waals surface area contributed by atoms with Crippen LogP contribution in [-0.2, 0) is 6.54 Å². The maximum absolute atomic E-state index is 12.2. The predicted octanol–water partition coefficient (Wildman–Crippen LogP) is 2.74. The molecule has 2 aromatic rings. The topological polar surface area (TPSA) is 47.8 Å². The summed E-state index contributed by atoms with van der Waals surface area (Å²) < 4.78 is 2.46. The Morgan fingerprint density at radius 1 is 1.56 bits per heavy atom.